The van der Waals surface area contributed by atoms with Crippen molar-refractivity contribution >= 4 is 32.0 Å². The minimum Gasteiger partial charge on any atom is -0.468 e. The van der Waals surface area contributed by atoms with E-state index in [9.17, 15) is 26.4 Å². The first-order valence-corrected chi connectivity index (χ1v) is 15.7. The van der Waals surface area contributed by atoms with E-state index in [0.29, 0.717) is 21.7 Å². The van der Waals surface area contributed by atoms with Crippen molar-refractivity contribution < 1.29 is 35.9 Å². The molecule has 1 aliphatic heterocycles. The van der Waals surface area contributed by atoms with Crippen LogP contribution in [0.3, 0.4) is 0 Å². The summed E-state index contributed by atoms with van der Waals surface area (Å²) in [7, 11) is -7.38. The summed E-state index contributed by atoms with van der Waals surface area (Å²) in [5.41, 5.74) is 1.07. The molecule has 1 fully saturated rings. The van der Waals surface area contributed by atoms with Crippen molar-refractivity contribution in [3.8, 4) is 0 Å². The second-order valence-electron chi connectivity index (χ2n) is 9.81. The van der Waals surface area contributed by atoms with Crippen LogP contribution >= 0.6 is 0 Å². The highest BCUT2D eigenvalue weighted by Gasteiger charge is 2.57. The second kappa shape index (κ2) is 11.6. The van der Waals surface area contributed by atoms with Crippen LogP contribution in [0, 0.1) is 13.8 Å². The molecule has 0 spiro atoms. The summed E-state index contributed by atoms with van der Waals surface area (Å²) < 4.78 is 67.8. The van der Waals surface area contributed by atoms with Crippen molar-refractivity contribution in [3.63, 3.8) is 0 Å². The molecule has 0 radical (unpaired) electrons. The Morgan fingerprint density at radius 2 is 1.27 bits per heavy atom. The summed E-state index contributed by atoms with van der Waals surface area (Å²) in [6.45, 7) is 3.54. The number of carbonyl (C=O) groups is 2. The van der Waals surface area contributed by atoms with E-state index in [2.05, 4.69) is 5.32 Å². The lowest BCUT2D eigenvalue weighted by Gasteiger charge is -2.34. The lowest BCUT2D eigenvalue weighted by atomic mass is 9.95. The van der Waals surface area contributed by atoms with Gasteiger partial charge in [-0.15, -0.1) is 0 Å². The number of esters is 2. The standard InChI is InChI=1S/C27H33N3O8S2/c1-18-10-14-21(15-11-18)39(33,34)29-24(27(32)38-4)23(26(31)37-3)25(28-20-8-6-5-7-9-20)30(29)40(35,36)22-16-12-19(2)13-17-22/h10-17,20,24,28H,5-9H2,1-4H3. The molecule has 1 aliphatic carbocycles. The van der Waals surface area contributed by atoms with E-state index < -0.39 is 43.6 Å². The number of sulfonamides is 2. The van der Waals surface area contributed by atoms with Gasteiger partial charge in [0.05, 0.1) is 24.0 Å². The number of hydrogen-bond acceptors (Lipinski definition) is 9. The third-order valence-electron chi connectivity index (χ3n) is 7.01. The summed E-state index contributed by atoms with van der Waals surface area (Å²) >= 11 is 0. The molecule has 1 saturated carbocycles. The third kappa shape index (κ3) is 5.45. The van der Waals surface area contributed by atoms with E-state index in [-0.39, 0.29) is 21.7 Å². The highest BCUT2D eigenvalue weighted by atomic mass is 32.2. The van der Waals surface area contributed by atoms with Gasteiger partial charge in [0.25, 0.3) is 20.0 Å². The number of rotatable bonds is 8. The van der Waals surface area contributed by atoms with E-state index in [1.165, 1.54) is 24.3 Å². The Kier molecular flexibility index (Phi) is 8.57. The highest BCUT2D eigenvalue weighted by Crippen LogP contribution is 2.40. The highest BCUT2D eigenvalue weighted by molar-refractivity contribution is 7.92. The molecule has 216 valence electrons. The minimum absolute atomic E-state index is 0.236. The quantitative estimate of drug-likeness (QED) is 0.459. The Hall–Kier alpha value is -3.42. The van der Waals surface area contributed by atoms with Gasteiger partial charge in [0.15, 0.2) is 6.04 Å². The molecule has 4 rings (SSSR count). The van der Waals surface area contributed by atoms with Gasteiger partial charge in [-0.1, -0.05) is 59.1 Å². The predicted octanol–water partition coefficient (Wildman–Crippen LogP) is 2.76. The zero-order chi connectivity index (χ0) is 29.2. The van der Waals surface area contributed by atoms with Crippen molar-refractivity contribution in [1.29, 1.82) is 0 Å². The van der Waals surface area contributed by atoms with Crippen LogP contribution in [-0.4, -0.2) is 63.9 Å². The summed E-state index contributed by atoms with van der Waals surface area (Å²) in [5.74, 6) is -2.58. The molecule has 1 unspecified atom stereocenters. The number of carbonyl (C=O) groups excluding carboxylic acids is 2. The molecule has 2 aliphatic rings. The molecule has 2 aromatic carbocycles. The predicted molar refractivity (Wildman–Crippen MR) is 145 cm³/mol. The first kappa shape index (κ1) is 29.6. The van der Waals surface area contributed by atoms with Crippen LogP contribution < -0.4 is 5.32 Å². The molecule has 2 aromatic rings. The van der Waals surface area contributed by atoms with Crippen molar-refractivity contribution in [2.45, 2.75) is 67.8 Å². The Morgan fingerprint density at radius 3 is 1.75 bits per heavy atom. The number of ether oxygens (including phenoxy) is 2. The van der Waals surface area contributed by atoms with Crippen LogP contribution in [0.5, 0.6) is 0 Å². The second-order valence-corrected chi connectivity index (χ2v) is 13.4. The molecule has 11 nitrogen and oxygen atoms in total. The van der Waals surface area contributed by atoms with Gasteiger partial charge in [0.1, 0.15) is 11.4 Å². The zero-order valence-corrected chi connectivity index (χ0v) is 24.4. The monoisotopic (exact) mass is 591 g/mol. The van der Waals surface area contributed by atoms with Gasteiger partial charge >= 0.3 is 11.9 Å². The number of hydrazine groups is 1. The van der Waals surface area contributed by atoms with Crippen molar-refractivity contribution in [1.82, 2.24) is 14.1 Å². The van der Waals surface area contributed by atoms with Gasteiger partial charge in [0.2, 0.25) is 0 Å². The molecule has 1 heterocycles. The van der Waals surface area contributed by atoms with Crippen LogP contribution in [0.15, 0.2) is 69.7 Å². The van der Waals surface area contributed by atoms with Gasteiger partial charge in [0, 0.05) is 6.04 Å². The van der Waals surface area contributed by atoms with E-state index >= 15 is 0 Å². The summed E-state index contributed by atoms with van der Waals surface area (Å²) in [6.07, 6.45) is 4.02. The smallest absolute Gasteiger partial charge is 0.339 e. The van der Waals surface area contributed by atoms with E-state index in [1.54, 1.807) is 38.1 Å². The summed E-state index contributed by atoms with van der Waals surface area (Å²) in [6, 6.07) is 9.26. The van der Waals surface area contributed by atoms with Gasteiger partial charge in [-0.2, -0.15) is 12.8 Å². The van der Waals surface area contributed by atoms with Gasteiger partial charge in [-0.25, -0.2) is 18.0 Å². The number of hydrogen-bond donors (Lipinski definition) is 1. The molecule has 13 heteroatoms. The van der Waals surface area contributed by atoms with Crippen molar-refractivity contribution in [2.75, 3.05) is 14.2 Å². The molecule has 1 atom stereocenters. The fraction of sp³-hybridized carbons (Fsp3) is 0.407. The van der Waals surface area contributed by atoms with Crippen LogP contribution in [0.2, 0.25) is 0 Å². The van der Waals surface area contributed by atoms with Gasteiger partial charge in [-0.05, 0) is 51.0 Å². The van der Waals surface area contributed by atoms with E-state index in [0.717, 1.165) is 44.6 Å². The molecule has 40 heavy (non-hydrogen) atoms. The molecule has 0 saturated heterocycles. The van der Waals surface area contributed by atoms with Crippen molar-refractivity contribution in [2.24, 2.45) is 0 Å². The molecular formula is C27H33N3O8S2. The van der Waals surface area contributed by atoms with Gasteiger partial charge in [-0.3, -0.25) is 0 Å². The summed E-state index contributed by atoms with van der Waals surface area (Å²) in [4.78, 5) is 26.0. The number of benzene rings is 2. The fourth-order valence-corrected chi connectivity index (χ4v) is 8.19. The molecule has 0 amide bonds. The topological polar surface area (TPSA) is 139 Å². The molecular weight excluding hydrogens is 558 g/mol. The number of aryl methyl sites for hydroxylation is 2. The zero-order valence-electron chi connectivity index (χ0n) is 22.8. The van der Waals surface area contributed by atoms with E-state index in [4.69, 9.17) is 9.47 Å². The Balaban J connectivity index is 2.03. The third-order valence-corrected chi connectivity index (χ3v) is 10.5. The number of nitrogens with one attached hydrogen (secondary N) is 1. The Morgan fingerprint density at radius 1 is 0.775 bits per heavy atom. The maximum Gasteiger partial charge on any atom is 0.339 e. The minimum atomic E-state index is -4.77. The molecule has 0 bridgehead atoms. The van der Waals surface area contributed by atoms with Crippen LogP contribution in [0.1, 0.15) is 43.2 Å². The van der Waals surface area contributed by atoms with Crippen LogP contribution in [0.4, 0.5) is 0 Å². The maximum absolute atomic E-state index is 14.3. The lowest BCUT2D eigenvalue weighted by molar-refractivity contribution is -0.147. The maximum atomic E-state index is 14.3. The Labute approximate surface area is 234 Å². The Bertz CT molecular complexity index is 1510. The number of methoxy groups -OCH3 is 2. The first-order valence-electron chi connectivity index (χ1n) is 12.8. The van der Waals surface area contributed by atoms with Crippen LogP contribution in [0.25, 0.3) is 0 Å². The average molecular weight is 592 g/mol. The lowest BCUT2D eigenvalue weighted by Crippen LogP contribution is -2.53. The van der Waals surface area contributed by atoms with E-state index in [1.807, 2.05) is 0 Å². The average Bonchev–Trinajstić information content (AvgIpc) is 3.29. The first-order chi connectivity index (χ1) is 18.9. The fourth-order valence-electron chi connectivity index (χ4n) is 4.85. The SMILES string of the molecule is COC(=O)C1=C(NC2CCCCC2)N(S(=O)(=O)c2ccc(C)cc2)N(S(=O)(=O)c2ccc(C)cc2)C1C(=O)OC. The normalized spacial score (nSPS) is 19.0. The summed E-state index contributed by atoms with van der Waals surface area (Å²) in [5, 5.41) is 3.10. The van der Waals surface area contributed by atoms with Gasteiger partial charge < -0.3 is 14.8 Å². The molecule has 0 aromatic heterocycles. The molecule has 1 N–H and O–H groups in total. The largest absolute Gasteiger partial charge is 0.468 e. The van der Waals surface area contributed by atoms with Crippen molar-refractivity contribution in [3.05, 3.63) is 71.1 Å². The van der Waals surface area contributed by atoms with Crippen LogP contribution in [-0.2, 0) is 39.1 Å². The number of nitrogens with zero attached hydrogens (tertiary/aromatic N) is 2.